The van der Waals surface area contributed by atoms with E-state index >= 15 is 0 Å². The molecule has 1 aromatic rings. The van der Waals surface area contributed by atoms with Gasteiger partial charge >= 0.3 is 0 Å². The standard InChI is InChI=1S/C51H94N2O3/c1-4-7-10-13-16-19-22-24-26-29-32-35-38-43-52-50(54)47-41-42-48(49(46-47)56-45-40-37-34-31-28-21-18-15-12-9-6-3)51(55)53-44-39-36-33-30-27-25-23-20-17-14-11-8-5-2/h41-42,46H,4-40,43-45H2,1-3H3,(H,52,54)(H,53,55). The summed E-state index contributed by atoms with van der Waals surface area (Å²) in [5.74, 6) is 0.354. The van der Waals surface area contributed by atoms with Crippen LogP contribution in [-0.2, 0) is 0 Å². The molecular formula is C51H94N2O3. The minimum absolute atomic E-state index is 0.0811. The lowest BCUT2D eigenvalue weighted by Crippen LogP contribution is -2.26. The van der Waals surface area contributed by atoms with E-state index < -0.39 is 0 Å². The fourth-order valence-electron chi connectivity index (χ4n) is 7.81. The molecule has 56 heavy (non-hydrogen) atoms. The van der Waals surface area contributed by atoms with Crippen LogP contribution in [0.1, 0.15) is 279 Å². The topological polar surface area (TPSA) is 67.4 Å². The summed E-state index contributed by atoms with van der Waals surface area (Å²) in [6, 6.07) is 5.36. The highest BCUT2D eigenvalue weighted by molar-refractivity contribution is 6.00. The molecule has 0 aromatic heterocycles. The van der Waals surface area contributed by atoms with Crippen molar-refractivity contribution in [3.63, 3.8) is 0 Å². The second-order valence-electron chi connectivity index (χ2n) is 17.1. The molecule has 1 aromatic carbocycles. The van der Waals surface area contributed by atoms with Crippen molar-refractivity contribution >= 4 is 11.8 Å². The van der Waals surface area contributed by atoms with Crippen molar-refractivity contribution in [2.45, 2.75) is 258 Å². The van der Waals surface area contributed by atoms with Gasteiger partial charge in [-0.15, -0.1) is 0 Å². The largest absolute Gasteiger partial charge is 0.493 e. The van der Waals surface area contributed by atoms with Gasteiger partial charge in [-0.05, 0) is 37.5 Å². The smallest absolute Gasteiger partial charge is 0.255 e. The van der Waals surface area contributed by atoms with Gasteiger partial charge in [0.15, 0.2) is 0 Å². The number of carbonyl (C=O) groups is 2. The first-order valence-electron chi connectivity index (χ1n) is 25.0. The van der Waals surface area contributed by atoms with Gasteiger partial charge in [0.2, 0.25) is 0 Å². The first kappa shape index (κ1) is 52.0. The molecule has 5 nitrogen and oxygen atoms in total. The number of hydrogen-bond acceptors (Lipinski definition) is 3. The highest BCUT2D eigenvalue weighted by Gasteiger charge is 2.16. The monoisotopic (exact) mass is 783 g/mol. The Morgan fingerprint density at radius 2 is 0.696 bits per heavy atom. The number of hydrogen-bond donors (Lipinski definition) is 2. The van der Waals surface area contributed by atoms with Crippen molar-refractivity contribution in [2.24, 2.45) is 0 Å². The van der Waals surface area contributed by atoms with E-state index in [4.69, 9.17) is 4.74 Å². The third-order valence-corrected chi connectivity index (χ3v) is 11.6. The molecule has 0 heterocycles. The van der Waals surface area contributed by atoms with Crippen LogP contribution in [0.5, 0.6) is 5.75 Å². The van der Waals surface area contributed by atoms with E-state index in [1.165, 1.54) is 199 Å². The molecule has 0 saturated heterocycles. The van der Waals surface area contributed by atoms with E-state index in [2.05, 4.69) is 31.4 Å². The average molecular weight is 783 g/mol. The van der Waals surface area contributed by atoms with Crippen molar-refractivity contribution in [3.8, 4) is 5.75 Å². The summed E-state index contributed by atoms with van der Waals surface area (Å²) in [6.45, 7) is 8.77. The molecule has 0 aliphatic carbocycles. The quantitative estimate of drug-likeness (QED) is 0.0648. The number of nitrogens with one attached hydrogen (secondary N) is 2. The molecular weight excluding hydrogens is 689 g/mol. The zero-order valence-corrected chi connectivity index (χ0v) is 37.7. The number of rotatable bonds is 43. The number of benzene rings is 1. The van der Waals surface area contributed by atoms with E-state index in [0.717, 1.165) is 38.5 Å². The zero-order valence-electron chi connectivity index (χ0n) is 37.7. The van der Waals surface area contributed by atoms with Crippen LogP contribution >= 0.6 is 0 Å². The van der Waals surface area contributed by atoms with E-state index in [1.54, 1.807) is 18.2 Å². The van der Waals surface area contributed by atoms with E-state index in [-0.39, 0.29) is 11.8 Å². The second-order valence-corrected chi connectivity index (χ2v) is 17.1. The summed E-state index contributed by atoms with van der Waals surface area (Å²) in [4.78, 5) is 26.4. The average Bonchev–Trinajstić information content (AvgIpc) is 3.21. The maximum atomic E-state index is 13.3. The fourth-order valence-corrected chi connectivity index (χ4v) is 7.81. The summed E-state index contributed by atoms with van der Waals surface area (Å²) in [5.41, 5.74) is 1.11. The number of ether oxygens (including phenoxy) is 1. The maximum absolute atomic E-state index is 13.3. The number of amides is 2. The molecule has 0 atom stereocenters. The van der Waals surface area contributed by atoms with Crippen LogP contribution in [0, 0.1) is 0 Å². The second kappa shape index (κ2) is 41.1. The molecule has 2 N–H and O–H groups in total. The molecule has 0 radical (unpaired) electrons. The van der Waals surface area contributed by atoms with Crippen LogP contribution in [0.3, 0.4) is 0 Å². The van der Waals surface area contributed by atoms with Gasteiger partial charge in [0.1, 0.15) is 5.75 Å². The Bertz CT molecular complexity index is 1010. The Labute approximate surface area is 348 Å². The van der Waals surface area contributed by atoms with Crippen LogP contribution in [-0.4, -0.2) is 31.5 Å². The van der Waals surface area contributed by atoms with Crippen LogP contribution in [0.25, 0.3) is 0 Å². The molecule has 0 unspecified atom stereocenters. The zero-order chi connectivity index (χ0) is 40.4. The highest BCUT2D eigenvalue weighted by atomic mass is 16.5. The minimum Gasteiger partial charge on any atom is -0.493 e. The normalized spacial score (nSPS) is 11.3. The van der Waals surface area contributed by atoms with Gasteiger partial charge in [-0.1, -0.05) is 239 Å². The molecule has 0 saturated carbocycles. The lowest BCUT2D eigenvalue weighted by atomic mass is 10.0. The van der Waals surface area contributed by atoms with Gasteiger partial charge in [0, 0.05) is 18.7 Å². The molecule has 2 amide bonds. The van der Waals surface area contributed by atoms with Gasteiger partial charge in [-0.3, -0.25) is 9.59 Å². The van der Waals surface area contributed by atoms with Crippen molar-refractivity contribution in [1.82, 2.24) is 10.6 Å². The van der Waals surface area contributed by atoms with E-state index in [1.807, 2.05) is 0 Å². The molecule has 1 rings (SSSR count). The van der Waals surface area contributed by atoms with Gasteiger partial charge in [-0.25, -0.2) is 0 Å². The van der Waals surface area contributed by atoms with Crippen LogP contribution in [0.2, 0.25) is 0 Å². The number of carbonyl (C=O) groups excluding carboxylic acids is 2. The maximum Gasteiger partial charge on any atom is 0.255 e. The fraction of sp³-hybridized carbons (Fsp3) is 0.843. The van der Waals surface area contributed by atoms with Gasteiger partial charge in [0.05, 0.1) is 12.2 Å². The summed E-state index contributed by atoms with van der Waals surface area (Å²) in [7, 11) is 0. The Morgan fingerprint density at radius 3 is 1.05 bits per heavy atom. The molecule has 0 aliphatic rings. The van der Waals surface area contributed by atoms with Crippen molar-refractivity contribution < 1.29 is 14.3 Å². The Hall–Kier alpha value is -2.04. The third-order valence-electron chi connectivity index (χ3n) is 11.6. The summed E-state index contributed by atoms with van der Waals surface area (Å²) in [5, 5.41) is 6.25. The van der Waals surface area contributed by atoms with Crippen LogP contribution in [0.4, 0.5) is 0 Å². The third kappa shape index (κ3) is 32.0. The van der Waals surface area contributed by atoms with Crippen molar-refractivity contribution in [2.75, 3.05) is 19.7 Å². The molecule has 0 bridgehead atoms. The van der Waals surface area contributed by atoms with E-state index in [0.29, 0.717) is 36.6 Å². The molecule has 0 aliphatic heterocycles. The Kier molecular flexibility index (Phi) is 38.2. The lowest BCUT2D eigenvalue weighted by Gasteiger charge is -2.14. The molecule has 0 spiro atoms. The predicted octanol–water partition coefficient (Wildman–Crippen LogP) is 16.0. The van der Waals surface area contributed by atoms with E-state index in [9.17, 15) is 9.59 Å². The molecule has 0 fully saturated rings. The lowest BCUT2D eigenvalue weighted by molar-refractivity contribution is 0.0937. The van der Waals surface area contributed by atoms with Gasteiger partial charge in [-0.2, -0.15) is 0 Å². The summed E-state index contributed by atoms with van der Waals surface area (Å²) >= 11 is 0. The van der Waals surface area contributed by atoms with Gasteiger partial charge < -0.3 is 15.4 Å². The molecule has 326 valence electrons. The molecule has 5 heteroatoms. The Balaban J connectivity index is 2.42. The summed E-state index contributed by atoms with van der Waals surface area (Å²) in [6.07, 6.45) is 48.3. The van der Waals surface area contributed by atoms with Crippen LogP contribution < -0.4 is 15.4 Å². The first-order chi connectivity index (χ1) is 27.6. The SMILES string of the molecule is CCCCCCCCCCCCCCCNC(=O)c1ccc(C(=O)NCCCCCCCCCCCCCCC)c(OCCCCCCCCCCCCC)c1. The minimum atomic E-state index is -0.100. The van der Waals surface area contributed by atoms with Crippen LogP contribution in [0.15, 0.2) is 18.2 Å². The van der Waals surface area contributed by atoms with Crippen molar-refractivity contribution in [3.05, 3.63) is 29.3 Å². The predicted molar refractivity (Wildman–Crippen MR) is 244 cm³/mol. The van der Waals surface area contributed by atoms with Crippen molar-refractivity contribution in [1.29, 1.82) is 0 Å². The van der Waals surface area contributed by atoms with Gasteiger partial charge in [0.25, 0.3) is 11.8 Å². The highest BCUT2D eigenvalue weighted by Crippen LogP contribution is 2.22. The first-order valence-corrected chi connectivity index (χ1v) is 25.0. The Morgan fingerprint density at radius 1 is 0.393 bits per heavy atom. The summed E-state index contributed by atoms with van der Waals surface area (Å²) < 4.78 is 6.24. The number of unbranched alkanes of at least 4 members (excludes halogenated alkanes) is 34.